The molecule has 0 heterocycles. The zero-order chi connectivity index (χ0) is 12.1. The number of aliphatic hydroxyl groups excluding tert-OH is 1. The Morgan fingerprint density at radius 2 is 1.93 bits per heavy atom. The van der Waals surface area contributed by atoms with E-state index in [9.17, 15) is 0 Å². The van der Waals surface area contributed by atoms with Gasteiger partial charge in [-0.05, 0) is 28.6 Å². The van der Waals surface area contributed by atoms with Crippen molar-refractivity contribution in [2.45, 2.75) is 51.4 Å². The van der Waals surface area contributed by atoms with E-state index >= 15 is 0 Å². The van der Waals surface area contributed by atoms with Gasteiger partial charge in [-0.25, -0.2) is 0 Å². The van der Waals surface area contributed by atoms with E-state index in [-0.39, 0.29) is 17.7 Å². The second-order valence-corrected chi connectivity index (χ2v) is 10.7. The van der Waals surface area contributed by atoms with E-state index in [2.05, 4.69) is 56.5 Å². The summed E-state index contributed by atoms with van der Waals surface area (Å²) in [5, 5.41) is 9.18. The van der Waals surface area contributed by atoms with Gasteiger partial charge in [0, 0.05) is 6.61 Å². The summed E-state index contributed by atoms with van der Waals surface area (Å²) in [6.45, 7) is 11.3. The molecule has 0 saturated heterocycles. The fraction of sp³-hybridized carbons (Fsp3) is 0.818. The molecule has 0 aromatic carbocycles. The SMILES string of the molecule is CC(C)(C)[Si](C)(C)O[C@H](/C=C\I)CCO. The number of rotatable bonds is 5. The van der Waals surface area contributed by atoms with Crippen molar-refractivity contribution in [3.63, 3.8) is 0 Å². The smallest absolute Gasteiger partial charge is 0.192 e. The molecule has 0 bridgehead atoms. The average Bonchev–Trinajstić information content (AvgIpc) is 2.02. The number of aliphatic hydroxyl groups is 1. The summed E-state index contributed by atoms with van der Waals surface area (Å²) in [7, 11) is -1.71. The zero-order valence-electron chi connectivity index (χ0n) is 10.4. The molecule has 15 heavy (non-hydrogen) atoms. The molecule has 0 spiro atoms. The Morgan fingerprint density at radius 1 is 1.40 bits per heavy atom. The lowest BCUT2D eigenvalue weighted by Crippen LogP contribution is -2.43. The summed E-state index contributed by atoms with van der Waals surface area (Å²) < 4.78 is 8.13. The third-order valence-electron chi connectivity index (χ3n) is 2.95. The molecule has 2 nitrogen and oxygen atoms in total. The Hall–Kier alpha value is 0.607. The first kappa shape index (κ1) is 15.6. The minimum Gasteiger partial charge on any atom is -0.410 e. The lowest BCUT2D eigenvalue weighted by Gasteiger charge is -2.38. The number of hydrogen-bond donors (Lipinski definition) is 1. The first-order valence-corrected chi connectivity index (χ1v) is 9.45. The molecule has 0 radical (unpaired) electrons. The van der Waals surface area contributed by atoms with Crippen LogP contribution in [0.4, 0.5) is 0 Å². The Labute approximate surface area is 108 Å². The van der Waals surface area contributed by atoms with Crippen LogP contribution in [0.5, 0.6) is 0 Å². The highest BCUT2D eigenvalue weighted by atomic mass is 127. The van der Waals surface area contributed by atoms with Crippen LogP contribution in [0.15, 0.2) is 10.2 Å². The maximum atomic E-state index is 8.96. The van der Waals surface area contributed by atoms with Crippen molar-refractivity contribution >= 4 is 30.9 Å². The van der Waals surface area contributed by atoms with Crippen LogP contribution in [0.3, 0.4) is 0 Å². The van der Waals surface area contributed by atoms with Gasteiger partial charge in [0.05, 0.1) is 6.10 Å². The fourth-order valence-electron chi connectivity index (χ4n) is 0.958. The molecular formula is C11H23IO2Si. The molecule has 0 saturated carbocycles. The van der Waals surface area contributed by atoms with Gasteiger partial charge in [0.15, 0.2) is 8.32 Å². The van der Waals surface area contributed by atoms with E-state index in [0.717, 1.165) is 0 Å². The second-order valence-electron chi connectivity index (χ2n) is 5.25. The predicted molar refractivity (Wildman–Crippen MR) is 76.9 cm³/mol. The molecular weight excluding hydrogens is 319 g/mol. The minimum atomic E-state index is -1.71. The highest BCUT2D eigenvalue weighted by Crippen LogP contribution is 2.37. The van der Waals surface area contributed by atoms with Gasteiger partial charge >= 0.3 is 0 Å². The molecule has 0 fully saturated rings. The molecule has 90 valence electrons. The van der Waals surface area contributed by atoms with E-state index < -0.39 is 8.32 Å². The van der Waals surface area contributed by atoms with Gasteiger partial charge in [0.25, 0.3) is 0 Å². The van der Waals surface area contributed by atoms with Gasteiger partial charge in [0.1, 0.15) is 0 Å². The van der Waals surface area contributed by atoms with Gasteiger partial charge in [0.2, 0.25) is 0 Å². The van der Waals surface area contributed by atoms with Gasteiger partial charge < -0.3 is 9.53 Å². The van der Waals surface area contributed by atoms with Crippen molar-refractivity contribution in [1.29, 1.82) is 0 Å². The van der Waals surface area contributed by atoms with Crippen LogP contribution in [0.1, 0.15) is 27.2 Å². The van der Waals surface area contributed by atoms with Crippen LogP contribution in [0.25, 0.3) is 0 Å². The lowest BCUT2D eigenvalue weighted by atomic mass is 10.2. The second kappa shape index (κ2) is 6.37. The van der Waals surface area contributed by atoms with E-state index in [1.807, 2.05) is 10.2 Å². The number of hydrogen-bond acceptors (Lipinski definition) is 2. The summed E-state index contributed by atoms with van der Waals surface area (Å²) in [4.78, 5) is 0. The molecule has 1 atom stereocenters. The van der Waals surface area contributed by atoms with E-state index in [1.54, 1.807) is 0 Å². The summed E-state index contributed by atoms with van der Waals surface area (Å²) in [6.07, 6.45) is 2.77. The Morgan fingerprint density at radius 3 is 2.27 bits per heavy atom. The third-order valence-corrected chi connectivity index (χ3v) is 7.87. The topological polar surface area (TPSA) is 29.5 Å². The lowest BCUT2D eigenvalue weighted by molar-refractivity contribution is 0.174. The van der Waals surface area contributed by atoms with Crippen LogP contribution < -0.4 is 0 Å². The maximum absolute atomic E-state index is 8.96. The molecule has 0 unspecified atom stereocenters. The van der Waals surface area contributed by atoms with Crippen molar-refractivity contribution in [1.82, 2.24) is 0 Å². The Kier molecular flexibility index (Phi) is 6.63. The van der Waals surface area contributed by atoms with Crippen LogP contribution in [-0.2, 0) is 4.43 Å². The summed E-state index contributed by atoms with van der Waals surface area (Å²) >= 11 is 2.19. The monoisotopic (exact) mass is 342 g/mol. The summed E-state index contributed by atoms with van der Waals surface area (Å²) in [5.41, 5.74) is 0. The molecule has 0 aliphatic heterocycles. The summed E-state index contributed by atoms with van der Waals surface area (Å²) in [6, 6.07) is 0. The quantitative estimate of drug-likeness (QED) is 0.610. The van der Waals surface area contributed by atoms with Crippen molar-refractivity contribution in [2.24, 2.45) is 0 Å². The zero-order valence-corrected chi connectivity index (χ0v) is 13.5. The molecule has 1 N–H and O–H groups in total. The normalized spacial score (nSPS) is 15.9. The minimum absolute atomic E-state index is 0.0628. The molecule has 0 amide bonds. The van der Waals surface area contributed by atoms with Gasteiger partial charge in [-0.1, -0.05) is 49.4 Å². The average molecular weight is 342 g/mol. The van der Waals surface area contributed by atoms with E-state index in [1.165, 1.54) is 0 Å². The van der Waals surface area contributed by atoms with Crippen LogP contribution in [0.2, 0.25) is 18.1 Å². The molecule has 0 rings (SSSR count). The predicted octanol–water partition coefficient (Wildman–Crippen LogP) is 3.71. The Bertz CT molecular complexity index is 209. The van der Waals surface area contributed by atoms with Crippen LogP contribution in [0, 0.1) is 0 Å². The Balaban J connectivity index is 4.51. The van der Waals surface area contributed by atoms with Crippen molar-refractivity contribution in [2.75, 3.05) is 6.61 Å². The van der Waals surface area contributed by atoms with Gasteiger partial charge in [-0.2, -0.15) is 0 Å². The maximum Gasteiger partial charge on any atom is 0.192 e. The van der Waals surface area contributed by atoms with Crippen molar-refractivity contribution < 1.29 is 9.53 Å². The molecule has 0 aromatic rings. The third kappa shape index (κ3) is 5.47. The highest BCUT2D eigenvalue weighted by Gasteiger charge is 2.38. The van der Waals surface area contributed by atoms with E-state index in [4.69, 9.17) is 9.53 Å². The van der Waals surface area contributed by atoms with E-state index in [0.29, 0.717) is 6.42 Å². The highest BCUT2D eigenvalue weighted by molar-refractivity contribution is 14.1. The first-order valence-electron chi connectivity index (χ1n) is 5.30. The van der Waals surface area contributed by atoms with Crippen LogP contribution >= 0.6 is 22.6 Å². The molecule has 4 heteroatoms. The van der Waals surface area contributed by atoms with Gasteiger partial charge in [-0.3, -0.25) is 0 Å². The van der Waals surface area contributed by atoms with Gasteiger partial charge in [-0.15, -0.1) is 0 Å². The molecule has 0 aliphatic rings. The molecule has 0 aromatic heterocycles. The van der Waals surface area contributed by atoms with Crippen LogP contribution in [-0.4, -0.2) is 26.1 Å². The van der Waals surface area contributed by atoms with Crippen molar-refractivity contribution in [3.8, 4) is 0 Å². The number of halogens is 1. The largest absolute Gasteiger partial charge is 0.410 e. The first-order chi connectivity index (χ1) is 6.74. The van der Waals surface area contributed by atoms with Crippen molar-refractivity contribution in [3.05, 3.63) is 10.2 Å². The fourth-order valence-corrected chi connectivity index (χ4v) is 2.73. The molecule has 0 aliphatic carbocycles. The standard InChI is InChI=1S/C11H23IO2Si/c1-11(2,3)15(4,5)14-10(6-8-12)7-9-13/h6,8,10,13H,7,9H2,1-5H3/b8-6-/t10-/m1/s1. The summed E-state index contributed by atoms with van der Waals surface area (Å²) in [5.74, 6) is 0.